The van der Waals surface area contributed by atoms with Crippen LogP contribution in [0.25, 0.3) is 0 Å². The largest absolute Gasteiger partial charge is 0.497 e. The third-order valence-corrected chi connectivity index (χ3v) is 4.59. The number of carbonyl (C=O) groups excluding carboxylic acids is 1. The number of halogens is 1. The molecule has 0 fully saturated rings. The first-order valence-corrected chi connectivity index (χ1v) is 8.81. The number of ether oxygens (including phenoxy) is 1. The summed E-state index contributed by atoms with van der Waals surface area (Å²) in [6.45, 7) is 0. The topological polar surface area (TPSA) is 64.1 Å². The van der Waals surface area contributed by atoms with Crippen molar-refractivity contribution in [3.63, 3.8) is 0 Å². The molecule has 1 aromatic carbocycles. The van der Waals surface area contributed by atoms with Gasteiger partial charge in [0.1, 0.15) is 17.3 Å². The molecule has 0 unspecified atom stereocenters. The van der Waals surface area contributed by atoms with Crippen molar-refractivity contribution in [2.45, 2.75) is 6.42 Å². The number of methoxy groups -OCH3 is 1. The van der Waals surface area contributed by atoms with Crippen molar-refractivity contribution >= 4 is 39.0 Å². The Morgan fingerprint density at radius 3 is 2.71 bits per heavy atom. The molecule has 2 aromatic heterocycles. The van der Waals surface area contributed by atoms with E-state index in [1.54, 1.807) is 24.8 Å². The van der Waals surface area contributed by atoms with Gasteiger partial charge in [0, 0.05) is 22.5 Å². The SMILES string of the molecule is COc1ccc(Cc2nc(C(=O)Nc3ccc(Br)cn3)cs2)cc1. The second-order valence-electron chi connectivity index (χ2n) is 4.97. The summed E-state index contributed by atoms with van der Waals surface area (Å²) in [4.78, 5) is 20.7. The van der Waals surface area contributed by atoms with Gasteiger partial charge in [0.2, 0.25) is 0 Å². The van der Waals surface area contributed by atoms with Gasteiger partial charge in [-0.25, -0.2) is 9.97 Å². The second kappa shape index (κ2) is 7.55. The number of hydrogen-bond acceptors (Lipinski definition) is 5. The summed E-state index contributed by atoms with van der Waals surface area (Å²) in [5, 5.41) is 5.37. The number of hydrogen-bond donors (Lipinski definition) is 1. The van der Waals surface area contributed by atoms with Crippen LogP contribution in [0.2, 0.25) is 0 Å². The van der Waals surface area contributed by atoms with Gasteiger partial charge in [0.25, 0.3) is 5.91 Å². The summed E-state index contributed by atoms with van der Waals surface area (Å²) < 4.78 is 6.00. The zero-order valence-electron chi connectivity index (χ0n) is 12.8. The summed E-state index contributed by atoms with van der Waals surface area (Å²) in [5.41, 5.74) is 1.51. The Balaban J connectivity index is 1.65. The molecule has 7 heteroatoms. The second-order valence-corrected chi connectivity index (χ2v) is 6.83. The Morgan fingerprint density at radius 2 is 2.04 bits per heavy atom. The highest BCUT2D eigenvalue weighted by Gasteiger charge is 2.12. The third kappa shape index (κ3) is 4.18. The molecule has 5 nitrogen and oxygen atoms in total. The van der Waals surface area contributed by atoms with Crippen molar-refractivity contribution in [2.75, 3.05) is 12.4 Å². The molecule has 3 rings (SSSR count). The van der Waals surface area contributed by atoms with Gasteiger partial charge in [0.05, 0.1) is 12.1 Å². The van der Waals surface area contributed by atoms with E-state index in [4.69, 9.17) is 4.74 Å². The zero-order chi connectivity index (χ0) is 16.9. The van der Waals surface area contributed by atoms with Crippen LogP contribution >= 0.6 is 27.3 Å². The molecule has 2 heterocycles. The smallest absolute Gasteiger partial charge is 0.276 e. The molecule has 0 spiro atoms. The maximum Gasteiger partial charge on any atom is 0.276 e. The Morgan fingerprint density at radius 1 is 1.25 bits per heavy atom. The van der Waals surface area contributed by atoms with Crippen molar-refractivity contribution in [2.24, 2.45) is 0 Å². The average Bonchev–Trinajstić information content (AvgIpc) is 3.06. The number of anilines is 1. The third-order valence-electron chi connectivity index (χ3n) is 3.27. The van der Waals surface area contributed by atoms with Gasteiger partial charge in [-0.1, -0.05) is 12.1 Å². The fraction of sp³-hybridized carbons (Fsp3) is 0.118. The van der Waals surface area contributed by atoms with Gasteiger partial charge in [-0.05, 0) is 45.8 Å². The number of nitrogens with one attached hydrogen (secondary N) is 1. The Bertz CT molecular complexity index is 832. The highest BCUT2D eigenvalue weighted by molar-refractivity contribution is 9.10. The van der Waals surface area contributed by atoms with Gasteiger partial charge < -0.3 is 10.1 Å². The Kier molecular flexibility index (Phi) is 5.22. The molecule has 1 amide bonds. The molecule has 0 saturated carbocycles. The number of pyridine rings is 1. The predicted molar refractivity (Wildman–Crippen MR) is 97.8 cm³/mol. The van der Waals surface area contributed by atoms with E-state index in [0.29, 0.717) is 17.9 Å². The number of nitrogens with zero attached hydrogens (tertiary/aromatic N) is 2. The van der Waals surface area contributed by atoms with Crippen molar-refractivity contribution in [3.05, 3.63) is 68.7 Å². The summed E-state index contributed by atoms with van der Waals surface area (Å²) in [7, 11) is 1.64. The molecule has 122 valence electrons. The Labute approximate surface area is 151 Å². The monoisotopic (exact) mass is 403 g/mol. The van der Waals surface area contributed by atoms with Crippen LogP contribution in [0, 0.1) is 0 Å². The molecule has 0 radical (unpaired) electrons. The van der Waals surface area contributed by atoms with Crippen LogP contribution in [0.5, 0.6) is 5.75 Å². The van der Waals surface area contributed by atoms with E-state index < -0.39 is 0 Å². The van der Waals surface area contributed by atoms with Crippen LogP contribution in [0.4, 0.5) is 5.82 Å². The van der Waals surface area contributed by atoms with Gasteiger partial charge in [-0.3, -0.25) is 4.79 Å². The number of amides is 1. The molecule has 0 atom stereocenters. The molecule has 0 bridgehead atoms. The zero-order valence-corrected chi connectivity index (χ0v) is 15.2. The number of aromatic nitrogens is 2. The molecule has 1 N–H and O–H groups in total. The lowest BCUT2D eigenvalue weighted by atomic mass is 10.1. The van der Waals surface area contributed by atoms with E-state index >= 15 is 0 Å². The van der Waals surface area contributed by atoms with E-state index in [-0.39, 0.29) is 5.91 Å². The first-order chi connectivity index (χ1) is 11.6. The summed E-state index contributed by atoms with van der Waals surface area (Å²) in [5.74, 6) is 1.05. The van der Waals surface area contributed by atoms with Crippen LogP contribution in [0.3, 0.4) is 0 Å². The van der Waals surface area contributed by atoms with Crippen LogP contribution in [-0.2, 0) is 6.42 Å². The summed E-state index contributed by atoms with van der Waals surface area (Å²) in [6, 6.07) is 11.4. The van der Waals surface area contributed by atoms with Gasteiger partial charge in [0.15, 0.2) is 0 Å². The van der Waals surface area contributed by atoms with Gasteiger partial charge in [-0.15, -0.1) is 11.3 Å². The molecule has 0 aliphatic carbocycles. The molecular formula is C17H14BrN3O2S. The lowest BCUT2D eigenvalue weighted by molar-refractivity contribution is 0.102. The average molecular weight is 404 g/mol. The van der Waals surface area contributed by atoms with E-state index in [1.807, 2.05) is 30.3 Å². The van der Waals surface area contributed by atoms with Crippen LogP contribution in [-0.4, -0.2) is 23.0 Å². The van der Waals surface area contributed by atoms with Crippen LogP contribution in [0.1, 0.15) is 21.1 Å². The maximum atomic E-state index is 12.2. The van der Waals surface area contributed by atoms with E-state index in [1.165, 1.54) is 11.3 Å². The molecule has 3 aromatic rings. The first kappa shape index (κ1) is 16.6. The normalized spacial score (nSPS) is 10.4. The van der Waals surface area contributed by atoms with E-state index in [0.717, 1.165) is 20.8 Å². The van der Waals surface area contributed by atoms with Crippen molar-refractivity contribution < 1.29 is 9.53 Å². The molecule has 24 heavy (non-hydrogen) atoms. The lowest BCUT2D eigenvalue weighted by Crippen LogP contribution is -2.13. The van der Waals surface area contributed by atoms with Gasteiger partial charge in [-0.2, -0.15) is 0 Å². The minimum atomic E-state index is -0.262. The van der Waals surface area contributed by atoms with Crippen molar-refractivity contribution in [1.29, 1.82) is 0 Å². The number of rotatable bonds is 5. The fourth-order valence-corrected chi connectivity index (χ4v) is 3.09. The number of thiazole rings is 1. The fourth-order valence-electron chi connectivity index (χ4n) is 2.04. The molecule has 0 saturated heterocycles. The predicted octanol–water partition coefficient (Wildman–Crippen LogP) is 4.15. The summed E-state index contributed by atoms with van der Waals surface area (Å²) >= 11 is 4.77. The van der Waals surface area contributed by atoms with E-state index in [9.17, 15) is 4.79 Å². The van der Waals surface area contributed by atoms with Gasteiger partial charge >= 0.3 is 0 Å². The van der Waals surface area contributed by atoms with Crippen molar-refractivity contribution in [1.82, 2.24) is 9.97 Å². The minimum Gasteiger partial charge on any atom is -0.497 e. The Hall–Kier alpha value is -2.25. The number of carbonyl (C=O) groups is 1. The summed E-state index contributed by atoms with van der Waals surface area (Å²) in [6.07, 6.45) is 2.31. The molecule has 0 aliphatic rings. The molecular weight excluding hydrogens is 390 g/mol. The maximum absolute atomic E-state index is 12.2. The number of benzene rings is 1. The quantitative estimate of drug-likeness (QED) is 0.694. The van der Waals surface area contributed by atoms with Crippen LogP contribution in [0.15, 0.2) is 52.4 Å². The lowest BCUT2D eigenvalue weighted by Gasteiger charge is -2.02. The minimum absolute atomic E-state index is 0.262. The first-order valence-electron chi connectivity index (χ1n) is 7.14. The van der Waals surface area contributed by atoms with Crippen LogP contribution < -0.4 is 10.1 Å². The van der Waals surface area contributed by atoms with E-state index in [2.05, 4.69) is 31.2 Å². The highest BCUT2D eigenvalue weighted by Crippen LogP contribution is 2.18. The standard InChI is InChI=1S/C17H14BrN3O2S/c1-23-13-5-2-11(3-6-13)8-16-20-14(10-24-16)17(22)21-15-7-4-12(18)9-19-15/h2-7,9-10H,8H2,1H3,(H,19,21,22). The molecule has 0 aliphatic heterocycles. The highest BCUT2D eigenvalue weighted by atomic mass is 79.9. The van der Waals surface area contributed by atoms with Crippen molar-refractivity contribution in [3.8, 4) is 5.75 Å².